The quantitative estimate of drug-likeness (QED) is 0.858. The number of H-pyrrole nitrogens is 1. The van der Waals surface area contributed by atoms with Gasteiger partial charge in [-0.1, -0.05) is 0 Å². The summed E-state index contributed by atoms with van der Waals surface area (Å²) in [6.45, 7) is 3.51. The van der Waals surface area contributed by atoms with Crippen molar-refractivity contribution in [3.63, 3.8) is 0 Å². The Kier molecular flexibility index (Phi) is 2.62. The normalized spacial score (nSPS) is 19.4. The minimum atomic E-state index is 0.0372. The molecule has 1 aliphatic rings. The van der Waals surface area contributed by atoms with Crippen molar-refractivity contribution in [2.75, 3.05) is 13.1 Å². The first-order valence-corrected chi connectivity index (χ1v) is 6.03. The Labute approximate surface area is 105 Å². The second-order valence-electron chi connectivity index (χ2n) is 4.68. The van der Waals surface area contributed by atoms with Crippen LogP contribution < -0.4 is 0 Å². The number of likely N-dealkylation sites (tertiary alicyclic amines) is 1. The molecule has 1 atom stereocenters. The van der Waals surface area contributed by atoms with Crippen molar-refractivity contribution in [2.45, 2.75) is 19.4 Å². The Morgan fingerprint density at radius 3 is 3.06 bits per heavy atom. The minimum Gasteiger partial charge on any atom is -0.336 e. The lowest BCUT2D eigenvalue weighted by molar-refractivity contribution is 0.0787. The van der Waals surface area contributed by atoms with Gasteiger partial charge in [0.1, 0.15) is 0 Å². The third-order valence-corrected chi connectivity index (χ3v) is 3.30. The fourth-order valence-corrected chi connectivity index (χ4v) is 2.33. The maximum absolute atomic E-state index is 12.1. The van der Waals surface area contributed by atoms with Crippen molar-refractivity contribution in [1.82, 2.24) is 24.9 Å². The van der Waals surface area contributed by atoms with Gasteiger partial charge in [-0.3, -0.25) is 14.6 Å². The molecule has 1 N–H and O–H groups in total. The zero-order valence-electron chi connectivity index (χ0n) is 10.2. The molecule has 0 aromatic carbocycles. The van der Waals surface area contributed by atoms with Gasteiger partial charge in [0.25, 0.3) is 5.91 Å². The zero-order valence-corrected chi connectivity index (χ0v) is 10.2. The van der Waals surface area contributed by atoms with Crippen LogP contribution in [0.2, 0.25) is 0 Å². The maximum atomic E-state index is 12.1. The van der Waals surface area contributed by atoms with Crippen molar-refractivity contribution in [2.24, 2.45) is 0 Å². The van der Waals surface area contributed by atoms with Crippen molar-refractivity contribution >= 4 is 5.91 Å². The molecule has 2 aromatic rings. The van der Waals surface area contributed by atoms with Crippen LogP contribution in [-0.2, 0) is 0 Å². The summed E-state index contributed by atoms with van der Waals surface area (Å²) in [4.78, 5) is 14.0. The summed E-state index contributed by atoms with van der Waals surface area (Å²) in [5, 5.41) is 10.8. The molecule has 0 spiro atoms. The van der Waals surface area contributed by atoms with Crippen LogP contribution in [0.4, 0.5) is 0 Å². The average Bonchev–Trinajstić information content (AvgIpc) is 3.09. The average molecular weight is 245 g/mol. The summed E-state index contributed by atoms with van der Waals surface area (Å²) in [7, 11) is 0. The van der Waals surface area contributed by atoms with Crippen LogP contribution in [-0.4, -0.2) is 43.9 Å². The van der Waals surface area contributed by atoms with E-state index in [1.54, 1.807) is 12.4 Å². The molecular weight excluding hydrogens is 230 g/mol. The van der Waals surface area contributed by atoms with E-state index in [0.717, 1.165) is 18.5 Å². The van der Waals surface area contributed by atoms with Crippen LogP contribution in [0.1, 0.15) is 28.4 Å². The van der Waals surface area contributed by atoms with Gasteiger partial charge in [0.2, 0.25) is 0 Å². The summed E-state index contributed by atoms with van der Waals surface area (Å²) in [6.07, 6.45) is 8.02. The SMILES string of the molecule is Cc1cnn(C2CCN(C(=O)c3cn[nH]c3)C2)c1. The lowest BCUT2D eigenvalue weighted by Crippen LogP contribution is -2.28. The Morgan fingerprint density at radius 1 is 1.50 bits per heavy atom. The number of nitrogens with zero attached hydrogens (tertiary/aromatic N) is 4. The first-order valence-electron chi connectivity index (χ1n) is 6.03. The lowest BCUT2D eigenvalue weighted by Gasteiger charge is -2.15. The van der Waals surface area contributed by atoms with Crippen molar-refractivity contribution in [3.8, 4) is 0 Å². The van der Waals surface area contributed by atoms with Gasteiger partial charge in [-0.05, 0) is 18.9 Å². The van der Waals surface area contributed by atoms with Gasteiger partial charge in [0.15, 0.2) is 0 Å². The predicted molar refractivity (Wildman–Crippen MR) is 65.1 cm³/mol. The van der Waals surface area contributed by atoms with Gasteiger partial charge in [-0.2, -0.15) is 10.2 Å². The molecular formula is C12H15N5O. The fourth-order valence-electron chi connectivity index (χ4n) is 2.33. The Hall–Kier alpha value is -2.11. The van der Waals surface area contributed by atoms with Crippen molar-refractivity contribution < 1.29 is 4.79 Å². The van der Waals surface area contributed by atoms with Crippen LogP contribution in [0.5, 0.6) is 0 Å². The standard InChI is InChI=1S/C12H15N5O/c1-9-4-15-17(7-9)11-2-3-16(8-11)12(18)10-5-13-14-6-10/h4-7,11H,2-3,8H2,1H3,(H,13,14). The highest BCUT2D eigenvalue weighted by molar-refractivity contribution is 5.93. The highest BCUT2D eigenvalue weighted by atomic mass is 16.2. The second-order valence-corrected chi connectivity index (χ2v) is 4.68. The van der Waals surface area contributed by atoms with Crippen LogP contribution >= 0.6 is 0 Å². The summed E-state index contributed by atoms with van der Waals surface area (Å²) < 4.78 is 1.96. The molecule has 1 amide bonds. The molecule has 2 aromatic heterocycles. The second kappa shape index (κ2) is 4.29. The molecule has 1 saturated heterocycles. The number of hydrogen-bond acceptors (Lipinski definition) is 3. The number of rotatable bonds is 2. The van der Waals surface area contributed by atoms with Crippen LogP contribution in [0, 0.1) is 6.92 Å². The highest BCUT2D eigenvalue weighted by Crippen LogP contribution is 2.22. The van der Waals surface area contributed by atoms with E-state index in [0.29, 0.717) is 12.1 Å². The third kappa shape index (κ3) is 1.90. The van der Waals surface area contributed by atoms with Gasteiger partial charge in [-0.25, -0.2) is 0 Å². The predicted octanol–water partition coefficient (Wildman–Crippen LogP) is 1.00. The van der Waals surface area contributed by atoms with Gasteiger partial charge in [0.05, 0.1) is 24.0 Å². The Balaban J connectivity index is 1.70. The number of carbonyl (C=O) groups excluding carboxylic acids is 1. The number of aromatic nitrogens is 4. The van der Waals surface area contributed by atoms with E-state index in [4.69, 9.17) is 0 Å². The summed E-state index contributed by atoms with van der Waals surface area (Å²) in [5.41, 5.74) is 1.77. The molecule has 3 heterocycles. The van der Waals surface area contributed by atoms with E-state index < -0.39 is 0 Å². The van der Waals surface area contributed by atoms with Crippen LogP contribution in [0.25, 0.3) is 0 Å². The fraction of sp³-hybridized carbons (Fsp3) is 0.417. The smallest absolute Gasteiger partial charge is 0.257 e. The molecule has 0 aliphatic carbocycles. The minimum absolute atomic E-state index is 0.0372. The van der Waals surface area contributed by atoms with Crippen molar-refractivity contribution in [3.05, 3.63) is 35.9 Å². The molecule has 94 valence electrons. The topological polar surface area (TPSA) is 66.8 Å². The number of hydrogen-bond donors (Lipinski definition) is 1. The Bertz CT molecular complexity index is 545. The lowest BCUT2D eigenvalue weighted by atomic mass is 10.3. The molecule has 0 radical (unpaired) electrons. The molecule has 0 bridgehead atoms. The molecule has 1 fully saturated rings. The van der Waals surface area contributed by atoms with Gasteiger partial charge in [-0.15, -0.1) is 0 Å². The van der Waals surface area contributed by atoms with Crippen LogP contribution in [0.15, 0.2) is 24.8 Å². The summed E-state index contributed by atoms with van der Waals surface area (Å²) >= 11 is 0. The molecule has 0 saturated carbocycles. The molecule has 3 rings (SSSR count). The van der Waals surface area contributed by atoms with Gasteiger partial charge < -0.3 is 4.90 Å². The van der Waals surface area contributed by atoms with E-state index in [1.165, 1.54) is 0 Å². The Morgan fingerprint density at radius 2 is 2.39 bits per heavy atom. The summed E-state index contributed by atoms with van der Waals surface area (Å²) in [5.74, 6) is 0.0372. The van der Waals surface area contributed by atoms with E-state index >= 15 is 0 Å². The van der Waals surface area contributed by atoms with E-state index in [-0.39, 0.29) is 11.9 Å². The number of aromatic amines is 1. The maximum Gasteiger partial charge on any atom is 0.257 e. The molecule has 18 heavy (non-hydrogen) atoms. The number of amides is 1. The van der Waals surface area contributed by atoms with Crippen molar-refractivity contribution in [1.29, 1.82) is 0 Å². The largest absolute Gasteiger partial charge is 0.336 e. The number of aryl methyl sites for hydroxylation is 1. The third-order valence-electron chi connectivity index (χ3n) is 3.30. The molecule has 6 heteroatoms. The summed E-state index contributed by atoms with van der Waals surface area (Å²) in [6, 6.07) is 0.287. The number of nitrogens with one attached hydrogen (secondary N) is 1. The highest BCUT2D eigenvalue weighted by Gasteiger charge is 2.28. The molecule has 1 aliphatic heterocycles. The first kappa shape index (κ1) is 11.0. The molecule has 6 nitrogen and oxygen atoms in total. The van der Waals surface area contributed by atoms with Gasteiger partial charge in [0, 0.05) is 25.5 Å². The van der Waals surface area contributed by atoms with E-state index in [1.807, 2.05) is 28.9 Å². The zero-order chi connectivity index (χ0) is 12.5. The van der Waals surface area contributed by atoms with Gasteiger partial charge >= 0.3 is 0 Å². The number of carbonyl (C=O) groups is 1. The first-order chi connectivity index (χ1) is 8.74. The molecule has 1 unspecified atom stereocenters. The van der Waals surface area contributed by atoms with Crippen LogP contribution in [0.3, 0.4) is 0 Å². The van der Waals surface area contributed by atoms with E-state index in [2.05, 4.69) is 15.3 Å². The monoisotopic (exact) mass is 245 g/mol. The van der Waals surface area contributed by atoms with E-state index in [9.17, 15) is 4.79 Å².